The van der Waals surface area contributed by atoms with Gasteiger partial charge in [0.25, 0.3) is 0 Å². The van der Waals surface area contributed by atoms with Crippen LogP contribution in [0.2, 0.25) is 0 Å². The number of piperidine rings is 1. The summed E-state index contributed by atoms with van der Waals surface area (Å²) in [4.78, 5) is 13.9. The molecular formula is C18H34N2O2. The van der Waals surface area contributed by atoms with Gasteiger partial charge in [0.05, 0.1) is 13.7 Å². The van der Waals surface area contributed by atoms with Crippen molar-refractivity contribution in [3.05, 3.63) is 0 Å². The molecule has 0 spiro atoms. The topological polar surface area (TPSA) is 41.6 Å². The van der Waals surface area contributed by atoms with E-state index in [2.05, 4.69) is 24.1 Å². The molecule has 0 bridgehead atoms. The Labute approximate surface area is 136 Å². The van der Waals surface area contributed by atoms with Gasteiger partial charge in [0.1, 0.15) is 0 Å². The van der Waals surface area contributed by atoms with Crippen LogP contribution in [0.4, 0.5) is 0 Å². The standard InChI is InChI=1S/C18H34N2O2/c1-14(2)16-9-17(12-20(11-16)13-18(21)22-3)19-10-15-7-5-4-6-8-15/h14-17,19H,4-13H2,1-3H3. The highest BCUT2D eigenvalue weighted by Crippen LogP contribution is 2.26. The minimum absolute atomic E-state index is 0.115. The van der Waals surface area contributed by atoms with Crippen LogP contribution in [0.15, 0.2) is 0 Å². The average molecular weight is 310 g/mol. The summed E-state index contributed by atoms with van der Waals surface area (Å²) in [5, 5.41) is 3.80. The number of carbonyl (C=O) groups excluding carboxylic acids is 1. The lowest BCUT2D eigenvalue weighted by molar-refractivity contribution is -0.142. The molecule has 1 saturated heterocycles. The van der Waals surface area contributed by atoms with Crippen LogP contribution in [0, 0.1) is 17.8 Å². The van der Waals surface area contributed by atoms with E-state index in [4.69, 9.17) is 4.74 Å². The second-order valence-electron chi connectivity index (χ2n) is 7.62. The fourth-order valence-electron chi connectivity index (χ4n) is 3.96. The summed E-state index contributed by atoms with van der Waals surface area (Å²) in [6.45, 7) is 8.18. The Morgan fingerprint density at radius 2 is 1.95 bits per heavy atom. The monoisotopic (exact) mass is 310 g/mol. The first-order chi connectivity index (χ1) is 10.6. The lowest BCUT2D eigenvalue weighted by Crippen LogP contribution is -2.52. The van der Waals surface area contributed by atoms with Crippen LogP contribution in [-0.2, 0) is 9.53 Å². The Hall–Kier alpha value is -0.610. The van der Waals surface area contributed by atoms with Crippen molar-refractivity contribution in [1.82, 2.24) is 10.2 Å². The molecule has 0 aromatic heterocycles. The molecule has 2 fully saturated rings. The third-order valence-corrected chi connectivity index (χ3v) is 5.50. The number of esters is 1. The molecule has 0 amide bonds. The summed E-state index contributed by atoms with van der Waals surface area (Å²) in [7, 11) is 1.48. The van der Waals surface area contributed by atoms with Crippen molar-refractivity contribution in [3.8, 4) is 0 Å². The Morgan fingerprint density at radius 3 is 2.59 bits per heavy atom. The zero-order chi connectivity index (χ0) is 15.9. The van der Waals surface area contributed by atoms with Crippen LogP contribution in [0.5, 0.6) is 0 Å². The van der Waals surface area contributed by atoms with E-state index in [1.165, 1.54) is 45.6 Å². The minimum Gasteiger partial charge on any atom is -0.468 e. The number of methoxy groups -OCH3 is 1. The fourth-order valence-corrected chi connectivity index (χ4v) is 3.96. The van der Waals surface area contributed by atoms with Gasteiger partial charge in [0.2, 0.25) is 0 Å². The molecule has 128 valence electrons. The molecule has 0 aromatic carbocycles. The van der Waals surface area contributed by atoms with E-state index in [0.29, 0.717) is 24.4 Å². The normalized spacial score (nSPS) is 28.0. The molecular weight excluding hydrogens is 276 g/mol. The first-order valence-corrected chi connectivity index (χ1v) is 9.11. The molecule has 1 aliphatic heterocycles. The number of ether oxygens (including phenoxy) is 1. The molecule has 22 heavy (non-hydrogen) atoms. The molecule has 2 atom stereocenters. The van der Waals surface area contributed by atoms with Crippen molar-refractivity contribution in [2.24, 2.45) is 17.8 Å². The van der Waals surface area contributed by atoms with Gasteiger partial charge in [0, 0.05) is 19.1 Å². The second-order valence-corrected chi connectivity index (χ2v) is 7.62. The number of nitrogens with one attached hydrogen (secondary N) is 1. The number of rotatable bonds is 6. The summed E-state index contributed by atoms with van der Waals surface area (Å²) in [6.07, 6.45) is 8.24. The van der Waals surface area contributed by atoms with Crippen molar-refractivity contribution >= 4 is 5.97 Å². The zero-order valence-corrected chi connectivity index (χ0v) is 14.6. The summed E-state index contributed by atoms with van der Waals surface area (Å²) < 4.78 is 4.84. The largest absolute Gasteiger partial charge is 0.468 e. The van der Waals surface area contributed by atoms with E-state index in [1.807, 2.05) is 0 Å². The van der Waals surface area contributed by atoms with Crippen LogP contribution >= 0.6 is 0 Å². The molecule has 4 heteroatoms. The molecule has 0 radical (unpaired) electrons. The molecule has 1 aliphatic carbocycles. The minimum atomic E-state index is -0.115. The SMILES string of the molecule is COC(=O)CN1CC(NCC2CCCCC2)CC(C(C)C)C1. The highest BCUT2D eigenvalue weighted by molar-refractivity contribution is 5.71. The maximum atomic E-state index is 11.6. The van der Waals surface area contributed by atoms with E-state index >= 15 is 0 Å². The lowest BCUT2D eigenvalue weighted by atomic mass is 9.84. The van der Waals surface area contributed by atoms with E-state index in [9.17, 15) is 4.79 Å². The van der Waals surface area contributed by atoms with Crippen LogP contribution < -0.4 is 5.32 Å². The molecule has 1 saturated carbocycles. The Morgan fingerprint density at radius 1 is 1.23 bits per heavy atom. The van der Waals surface area contributed by atoms with Crippen molar-refractivity contribution in [1.29, 1.82) is 0 Å². The molecule has 1 heterocycles. The highest BCUT2D eigenvalue weighted by atomic mass is 16.5. The molecule has 4 nitrogen and oxygen atoms in total. The van der Waals surface area contributed by atoms with E-state index in [-0.39, 0.29) is 5.97 Å². The van der Waals surface area contributed by atoms with E-state index < -0.39 is 0 Å². The van der Waals surface area contributed by atoms with Gasteiger partial charge in [-0.05, 0) is 43.6 Å². The number of nitrogens with zero attached hydrogens (tertiary/aromatic N) is 1. The fraction of sp³-hybridized carbons (Fsp3) is 0.944. The summed E-state index contributed by atoms with van der Waals surface area (Å²) in [6, 6.07) is 0.521. The quantitative estimate of drug-likeness (QED) is 0.766. The van der Waals surface area contributed by atoms with Crippen molar-refractivity contribution in [2.45, 2.75) is 58.4 Å². The van der Waals surface area contributed by atoms with Gasteiger partial charge in [-0.15, -0.1) is 0 Å². The Bertz CT molecular complexity index is 340. The molecule has 0 aromatic rings. The highest BCUT2D eigenvalue weighted by Gasteiger charge is 2.30. The molecule has 1 N–H and O–H groups in total. The average Bonchev–Trinajstić information content (AvgIpc) is 2.53. The molecule has 2 unspecified atom stereocenters. The number of carbonyl (C=O) groups is 1. The van der Waals surface area contributed by atoms with Gasteiger partial charge < -0.3 is 10.1 Å². The van der Waals surface area contributed by atoms with Crippen LogP contribution in [0.3, 0.4) is 0 Å². The van der Waals surface area contributed by atoms with Crippen molar-refractivity contribution in [2.75, 3.05) is 33.3 Å². The van der Waals surface area contributed by atoms with Crippen LogP contribution in [0.25, 0.3) is 0 Å². The van der Waals surface area contributed by atoms with E-state index in [1.54, 1.807) is 0 Å². The third kappa shape index (κ3) is 5.54. The van der Waals surface area contributed by atoms with Gasteiger partial charge >= 0.3 is 5.97 Å². The first-order valence-electron chi connectivity index (χ1n) is 9.11. The van der Waals surface area contributed by atoms with Gasteiger partial charge in [-0.3, -0.25) is 9.69 Å². The van der Waals surface area contributed by atoms with Crippen LogP contribution in [-0.4, -0.2) is 50.2 Å². The maximum absolute atomic E-state index is 11.6. The Kier molecular flexibility index (Phi) is 7.16. The molecule has 2 aliphatic rings. The van der Waals surface area contributed by atoms with Gasteiger partial charge in [0.15, 0.2) is 0 Å². The summed E-state index contributed by atoms with van der Waals surface area (Å²) in [5.74, 6) is 2.08. The lowest BCUT2D eigenvalue weighted by Gasteiger charge is -2.40. The zero-order valence-electron chi connectivity index (χ0n) is 14.6. The predicted octanol–water partition coefficient (Wildman–Crippen LogP) is 2.68. The predicted molar refractivity (Wildman–Crippen MR) is 89.8 cm³/mol. The van der Waals surface area contributed by atoms with Crippen LogP contribution in [0.1, 0.15) is 52.4 Å². The number of likely N-dealkylation sites (tertiary alicyclic amines) is 1. The van der Waals surface area contributed by atoms with Gasteiger partial charge in [-0.1, -0.05) is 33.1 Å². The van der Waals surface area contributed by atoms with Gasteiger partial charge in [-0.2, -0.15) is 0 Å². The Balaban J connectivity index is 1.83. The van der Waals surface area contributed by atoms with Crippen molar-refractivity contribution < 1.29 is 9.53 Å². The maximum Gasteiger partial charge on any atom is 0.319 e. The van der Waals surface area contributed by atoms with Gasteiger partial charge in [-0.25, -0.2) is 0 Å². The summed E-state index contributed by atoms with van der Waals surface area (Å²) >= 11 is 0. The first kappa shape index (κ1) is 17.7. The molecule has 2 rings (SSSR count). The third-order valence-electron chi connectivity index (χ3n) is 5.50. The summed E-state index contributed by atoms with van der Waals surface area (Å²) in [5.41, 5.74) is 0. The smallest absolute Gasteiger partial charge is 0.319 e. The van der Waals surface area contributed by atoms with E-state index in [0.717, 1.165) is 25.6 Å². The second kappa shape index (κ2) is 8.88. The number of hydrogen-bond donors (Lipinski definition) is 1. The number of hydrogen-bond acceptors (Lipinski definition) is 4. The van der Waals surface area contributed by atoms with Crippen molar-refractivity contribution in [3.63, 3.8) is 0 Å².